The molecule has 0 radical (unpaired) electrons. The van der Waals surface area contributed by atoms with Gasteiger partial charge in [-0.25, -0.2) is 4.79 Å². The number of nitrogens with zero attached hydrogens (tertiary/aromatic N) is 1. The Balaban J connectivity index is 2.38. The second-order valence-corrected chi connectivity index (χ2v) is 2.70. The summed E-state index contributed by atoms with van der Waals surface area (Å²) in [5.41, 5.74) is 0.126. The van der Waals surface area contributed by atoms with Gasteiger partial charge in [0.25, 0.3) is 0 Å². The fourth-order valence-corrected chi connectivity index (χ4v) is 1.09. The number of H-pyrrole nitrogens is 2. The van der Waals surface area contributed by atoms with Gasteiger partial charge in [0.2, 0.25) is 5.78 Å². The summed E-state index contributed by atoms with van der Waals surface area (Å²) in [4.78, 5) is 31.0. The molecule has 2 rings (SSSR count). The molecule has 0 saturated carbocycles. The van der Waals surface area contributed by atoms with Crippen LogP contribution in [0.4, 0.5) is 0 Å². The van der Waals surface area contributed by atoms with Crippen LogP contribution < -0.4 is 5.69 Å². The maximum absolute atomic E-state index is 11.6. The van der Waals surface area contributed by atoms with Crippen LogP contribution in [0.2, 0.25) is 0 Å². The molecular weight excluding hydrogens is 182 g/mol. The van der Waals surface area contributed by atoms with Crippen LogP contribution in [0.15, 0.2) is 35.4 Å². The lowest BCUT2D eigenvalue weighted by atomic mass is 10.2. The van der Waals surface area contributed by atoms with Crippen molar-refractivity contribution in [2.24, 2.45) is 0 Å². The number of ketones is 1. The number of pyridine rings is 1. The zero-order valence-corrected chi connectivity index (χ0v) is 7.15. The molecule has 2 aromatic heterocycles. The summed E-state index contributed by atoms with van der Waals surface area (Å²) in [6.45, 7) is 0. The summed E-state index contributed by atoms with van der Waals surface area (Å²) in [5.74, 6) is -0.302. The largest absolute Gasteiger partial charge is 0.323 e. The van der Waals surface area contributed by atoms with Crippen molar-refractivity contribution in [3.63, 3.8) is 0 Å². The van der Waals surface area contributed by atoms with E-state index in [4.69, 9.17) is 0 Å². The van der Waals surface area contributed by atoms with E-state index in [1.54, 1.807) is 18.2 Å². The van der Waals surface area contributed by atoms with Gasteiger partial charge in [-0.3, -0.25) is 9.78 Å². The standard InChI is InChI=1S/C9H7N3O2/c13-8(6-3-1-2-4-10-6)7-5-11-9(14)12-7/h1-5H,(H2,11,12,14). The molecular formula is C9H7N3O2. The van der Waals surface area contributed by atoms with Crippen LogP contribution in [0.1, 0.15) is 16.2 Å². The summed E-state index contributed by atoms with van der Waals surface area (Å²) in [7, 11) is 0. The van der Waals surface area contributed by atoms with Gasteiger partial charge in [0.1, 0.15) is 11.4 Å². The van der Waals surface area contributed by atoms with Crippen molar-refractivity contribution >= 4 is 5.78 Å². The zero-order chi connectivity index (χ0) is 9.97. The molecule has 0 aliphatic heterocycles. The quantitative estimate of drug-likeness (QED) is 0.668. The third-order valence-corrected chi connectivity index (χ3v) is 1.74. The lowest BCUT2D eigenvalue weighted by Gasteiger charge is -1.94. The number of hydrogen-bond acceptors (Lipinski definition) is 3. The molecule has 0 unspecified atom stereocenters. The summed E-state index contributed by atoms with van der Waals surface area (Å²) in [6.07, 6.45) is 2.86. The van der Waals surface area contributed by atoms with Crippen LogP contribution in [-0.2, 0) is 0 Å². The summed E-state index contributed by atoms with van der Waals surface area (Å²) >= 11 is 0. The number of hydrogen-bond donors (Lipinski definition) is 2. The van der Waals surface area contributed by atoms with E-state index in [1.807, 2.05) is 0 Å². The summed E-state index contributed by atoms with van der Waals surface area (Å²) in [5, 5.41) is 0. The van der Waals surface area contributed by atoms with Crippen LogP contribution in [-0.4, -0.2) is 20.7 Å². The predicted octanol–water partition coefficient (Wildman–Crippen LogP) is 0.329. The molecule has 5 heteroatoms. The monoisotopic (exact) mass is 189 g/mol. The average Bonchev–Trinajstić information content (AvgIpc) is 2.65. The number of carbonyl (C=O) groups excluding carboxylic acids is 1. The van der Waals surface area contributed by atoms with E-state index in [0.29, 0.717) is 5.69 Å². The minimum atomic E-state index is -0.399. The Labute approximate surface area is 78.8 Å². The van der Waals surface area contributed by atoms with Crippen molar-refractivity contribution < 1.29 is 4.79 Å². The lowest BCUT2D eigenvalue weighted by molar-refractivity contribution is 0.103. The Morgan fingerprint density at radius 2 is 2.21 bits per heavy atom. The van der Waals surface area contributed by atoms with Gasteiger partial charge in [-0.1, -0.05) is 6.07 Å². The first-order chi connectivity index (χ1) is 6.77. The van der Waals surface area contributed by atoms with Crippen molar-refractivity contribution in [1.82, 2.24) is 15.0 Å². The minimum Gasteiger partial charge on any atom is -0.312 e. The van der Waals surface area contributed by atoms with Crippen molar-refractivity contribution in [3.05, 3.63) is 52.5 Å². The van der Waals surface area contributed by atoms with E-state index >= 15 is 0 Å². The van der Waals surface area contributed by atoms with Crippen LogP contribution >= 0.6 is 0 Å². The molecule has 14 heavy (non-hydrogen) atoms. The molecule has 0 amide bonds. The van der Waals surface area contributed by atoms with Crippen molar-refractivity contribution in [1.29, 1.82) is 0 Å². The van der Waals surface area contributed by atoms with Gasteiger partial charge in [-0.2, -0.15) is 0 Å². The minimum absolute atomic E-state index is 0.216. The maximum atomic E-state index is 11.6. The zero-order valence-electron chi connectivity index (χ0n) is 7.15. The second-order valence-electron chi connectivity index (χ2n) is 2.70. The lowest BCUT2D eigenvalue weighted by Crippen LogP contribution is -2.07. The van der Waals surface area contributed by atoms with Crippen LogP contribution in [0.3, 0.4) is 0 Å². The van der Waals surface area contributed by atoms with E-state index in [9.17, 15) is 9.59 Å². The van der Waals surface area contributed by atoms with Gasteiger partial charge in [-0.05, 0) is 12.1 Å². The highest BCUT2D eigenvalue weighted by Gasteiger charge is 2.11. The smallest absolute Gasteiger partial charge is 0.312 e. The topological polar surface area (TPSA) is 78.6 Å². The van der Waals surface area contributed by atoms with E-state index in [2.05, 4.69) is 15.0 Å². The highest BCUT2D eigenvalue weighted by molar-refractivity contribution is 6.06. The highest BCUT2D eigenvalue weighted by Crippen LogP contribution is 2.01. The molecule has 2 aromatic rings. The third kappa shape index (κ3) is 1.47. The molecule has 0 spiro atoms. The molecule has 5 nitrogen and oxygen atoms in total. The van der Waals surface area contributed by atoms with Crippen LogP contribution in [0, 0.1) is 0 Å². The van der Waals surface area contributed by atoms with Gasteiger partial charge in [-0.15, -0.1) is 0 Å². The van der Waals surface area contributed by atoms with E-state index < -0.39 is 5.69 Å². The summed E-state index contributed by atoms with van der Waals surface area (Å²) in [6, 6.07) is 5.02. The molecule has 0 bridgehead atoms. The first-order valence-electron chi connectivity index (χ1n) is 4.01. The number of nitrogens with one attached hydrogen (secondary N) is 2. The van der Waals surface area contributed by atoms with Gasteiger partial charge in [0.05, 0.1) is 0 Å². The van der Waals surface area contributed by atoms with E-state index in [1.165, 1.54) is 12.4 Å². The van der Waals surface area contributed by atoms with Crippen LogP contribution in [0.25, 0.3) is 0 Å². The number of aromatic nitrogens is 3. The SMILES string of the molecule is O=C(c1ccccn1)c1c[nH]c(=O)[nH]1. The Kier molecular flexibility index (Phi) is 1.98. The van der Waals surface area contributed by atoms with Gasteiger partial charge in [0, 0.05) is 12.4 Å². The number of rotatable bonds is 2. The van der Waals surface area contributed by atoms with Gasteiger partial charge >= 0.3 is 5.69 Å². The molecule has 0 saturated heterocycles. The molecule has 0 aliphatic carbocycles. The third-order valence-electron chi connectivity index (χ3n) is 1.74. The van der Waals surface area contributed by atoms with Crippen molar-refractivity contribution in [2.75, 3.05) is 0 Å². The Morgan fingerprint density at radius 3 is 2.79 bits per heavy atom. The second kappa shape index (κ2) is 3.29. The molecule has 2 heterocycles. The number of imidazole rings is 1. The van der Waals surface area contributed by atoms with Crippen molar-refractivity contribution in [3.8, 4) is 0 Å². The fraction of sp³-hybridized carbons (Fsp3) is 0. The fourth-order valence-electron chi connectivity index (χ4n) is 1.09. The Bertz CT molecular complexity index is 498. The van der Waals surface area contributed by atoms with Crippen molar-refractivity contribution in [2.45, 2.75) is 0 Å². The molecule has 0 aliphatic rings. The first kappa shape index (κ1) is 8.43. The molecule has 0 fully saturated rings. The van der Waals surface area contributed by atoms with Gasteiger partial charge < -0.3 is 9.97 Å². The predicted molar refractivity (Wildman–Crippen MR) is 49.1 cm³/mol. The number of carbonyl (C=O) groups is 1. The first-order valence-corrected chi connectivity index (χ1v) is 4.01. The molecule has 2 N–H and O–H groups in total. The Morgan fingerprint density at radius 1 is 1.36 bits per heavy atom. The van der Waals surface area contributed by atoms with E-state index in [0.717, 1.165) is 0 Å². The number of aromatic amines is 2. The normalized spacial score (nSPS) is 10.0. The molecule has 70 valence electrons. The Hall–Kier alpha value is -2.17. The van der Waals surface area contributed by atoms with Gasteiger partial charge in [0.15, 0.2) is 0 Å². The average molecular weight is 189 g/mol. The maximum Gasteiger partial charge on any atom is 0.323 e. The highest BCUT2D eigenvalue weighted by atomic mass is 16.1. The molecule has 0 atom stereocenters. The van der Waals surface area contributed by atoms with E-state index in [-0.39, 0.29) is 11.5 Å². The summed E-state index contributed by atoms with van der Waals surface area (Å²) < 4.78 is 0. The van der Waals surface area contributed by atoms with Crippen LogP contribution in [0.5, 0.6) is 0 Å². The molecule has 0 aromatic carbocycles.